The van der Waals surface area contributed by atoms with Crippen molar-refractivity contribution in [3.63, 3.8) is 0 Å². The van der Waals surface area contributed by atoms with Crippen LogP contribution in [-0.4, -0.2) is 72.3 Å². The third kappa shape index (κ3) is 4.36. The molecule has 0 amide bonds. The van der Waals surface area contributed by atoms with E-state index in [1.807, 2.05) is 43.3 Å². The highest BCUT2D eigenvalue weighted by Crippen LogP contribution is 2.35. The van der Waals surface area contributed by atoms with Crippen molar-refractivity contribution in [3.05, 3.63) is 24.3 Å². The van der Waals surface area contributed by atoms with E-state index in [9.17, 15) is 0 Å². The molecule has 0 bridgehead atoms. The van der Waals surface area contributed by atoms with Crippen LogP contribution in [0.15, 0.2) is 24.3 Å². The van der Waals surface area contributed by atoms with Gasteiger partial charge in [-0.2, -0.15) is 4.68 Å². The summed E-state index contributed by atoms with van der Waals surface area (Å²) in [5.74, 6) is 1.39. The molecule has 2 N–H and O–H groups in total. The SMILES string of the molecule is CC(C)CC[NH2+][C@H]1CO[C@H]2[C@@H]1OC[C@@H]2n1nnnc1Oc1cccc(N(C)C)c1. The van der Waals surface area contributed by atoms with Crippen LogP contribution in [0.1, 0.15) is 26.3 Å². The molecule has 2 aliphatic rings. The maximum absolute atomic E-state index is 6.10. The molecular formula is C20H31N6O3+. The van der Waals surface area contributed by atoms with Gasteiger partial charge in [-0.3, -0.25) is 0 Å². The van der Waals surface area contributed by atoms with Gasteiger partial charge in [-0.25, -0.2) is 0 Å². The number of ether oxygens (including phenoxy) is 3. The van der Waals surface area contributed by atoms with Gasteiger partial charge >= 0.3 is 6.01 Å². The Balaban J connectivity index is 1.43. The van der Waals surface area contributed by atoms with Crippen molar-refractivity contribution < 1.29 is 19.5 Å². The predicted molar refractivity (Wildman–Crippen MR) is 107 cm³/mol. The number of hydrogen-bond donors (Lipinski definition) is 1. The molecular weight excluding hydrogens is 372 g/mol. The van der Waals surface area contributed by atoms with Gasteiger partial charge in [-0.05, 0) is 34.9 Å². The molecule has 1 aromatic carbocycles. The number of aromatic nitrogens is 4. The van der Waals surface area contributed by atoms with Gasteiger partial charge in [0.1, 0.15) is 36.6 Å². The first-order valence-electron chi connectivity index (χ1n) is 10.3. The first kappa shape index (κ1) is 20.1. The number of fused-ring (bicyclic) bond motifs is 1. The summed E-state index contributed by atoms with van der Waals surface area (Å²) in [4.78, 5) is 2.02. The molecule has 2 fully saturated rings. The summed E-state index contributed by atoms with van der Waals surface area (Å²) in [6.45, 7) is 6.79. The molecule has 9 nitrogen and oxygen atoms in total. The van der Waals surface area contributed by atoms with Crippen molar-refractivity contribution >= 4 is 5.69 Å². The number of rotatable bonds is 8. The Labute approximate surface area is 171 Å². The number of benzene rings is 1. The van der Waals surface area contributed by atoms with E-state index in [1.165, 1.54) is 6.42 Å². The van der Waals surface area contributed by atoms with Crippen molar-refractivity contribution in [2.45, 2.75) is 44.6 Å². The molecule has 9 heteroatoms. The molecule has 0 spiro atoms. The molecule has 0 saturated carbocycles. The second-order valence-corrected chi connectivity index (χ2v) is 8.43. The van der Waals surface area contributed by atoms with Crippen LogP contribution >= 0.6 is 0 Å². The number of nitrogens with zero attached hydrogens (tertiary/aromatic N) is 5. The van der Waals surface area contributed by atoms with Crippen LogP contribution in [0.4, 0.5) is 5.69 Å². The number of hydrogen-bond acceptors (Lipinski definition) is 7. The van der Waals surface area contributed by atoms with Gasteiger partial charge in [-0.1, -0.05) is 25.0 Å². The van der Waals surface area contributed by atoms with Gasteiger partial charge in [0.2, 0.25) is 0 Å². The monoisotopic (exact) mass is 403 g/mol. The highest BCUT2D eigenvalue weighted by molar-refractivity contribution is 5.49. The molecule has 0 unspecified atom stereocenters. The quantitative estimate of drug-likeness (QED) is 0.699. The normalized spacial score (nSPS) is 26.1. The zero-order chi connectivity index (χ0) is 20.4. The molecule has 1 aromatic heterocycles. The molecule has 29 heavy (non-hydrogen) atoms. The van der Waals surface area contributed by atoms with E-state index >= 15 is 0 Å². The minimum absolute atomic E-state index is 0.0567. The van der Waals surface area contributed by atoms with E-state index in [-0.39, 0.29) is 18.2 Å². The number of anilines is 1. The van der Waals surface area contributed by atoms with Gasteiger partial charge < -0.3 is 24.4 Å². The number of nitrogens with two attached hydrogens (primary N) is 1. The van der Waals surface area contributed by atoms with Crippen LogP contribution in [0.2, 0.25) is 0 Å². The summed E-state index contributed by atoms with van der Waals surface area (Å²) >= 11 is 0. The van der Waals surface area contributed by atoms with Gasteiger partial charge in [-0.15, -0.1) is 0 Å². The Kier molecular flexibility index (Phi) is 5.98. The fourth-order valence-corrected chi connectivity index (χ4v) is 3.96. The molecule has 0 radical (unpaired) electrons. The predicted octanol–water partition coefficient (Wildman–Crippen LogP) is 0.848. The highest BCUT2D eigenvalue weighted by Gasteiger charge is 2.51. The zero-order valence-electron chi connectivity index (χ0n) is 17.6. The lowest BCUT2D eigenvalue weighted by atomic mass is 10.1. The molecule has 0 aliphatic carbocycles. The lowest BCUT2D eigenvalue weighted by molar-refractivity contribution is -0.693. The van der Waals surface area contributed by atoms with Gasteiger partial charge in [0.25, 0.3) is 0 Å². The lowest BCUT2D eigenvalue weighted by Gasteiger charge is -2.17. The smallest absolute Gasteiger partial charge is 0.341 e. The summed E-state index contributed by atoms with van der Waals surface area (Å²) in [6.07, 6.45) is 1.18. The van der Waals surface area contributed by atoms with E-state index in [2.05, 4.69) is 34.7 Å². The van der Waals surface area contributed by atoms with Crippen molar-refractivity contribution in [1.82, 2.24) is 20.2 Å². The second kappa shape index (κ2) is 8.64. The Morgan fingerprint density at radius 3 is 2.86 bits per heavy atom. The molecule has 2 aromatic rings. The van der Waals surface area contributed by atoms with E-state index in [4.69, 9.17) is 14.2 Å². The van der Waals surface area contributed by atoms with Crippen molar-refractivity contribution in [2.75, 3.05) is 38.8 Å². The summed E-state index contributed by atoms with van der Waals surface area (Å²) in [6, 6.07) is 8.40. The maximum Gasteiger partial charge on any atom is 0.341 e. The van der Waals surface area contributed by atoms with Gasteiger partial charge in [0.15, 0.2) is 0 Å². The minimum atomic E-state index is -0.0921. The maximum atomic E-state index is 6.10. The molecule has 3 heterocycles. The van der Waals surface area contributed by atoms with Crippen LogP contribution in [0.5, 0.6) is 11.8 Å². The van der Waals surface area contributed by atoms with Gasteiger partial charge in [0, 0.05) is 25.8 Å². The summed E-state index contributed by atoms with van der Waals surface area (Å²) in [5.41, 5.74) is 1.05. The fraction of sp³-hybridized carbons (Fsp3) is 0.650. The second-order valence-electron chi connectivity index (χ2n) is 8.43. The Morgan fingerprint density at radius 2 is 2.07 bits per heavy atom. The first-order chi connectivity index (χ1) is 14.0. The third-order valence-electron chi connectivity index (χ3n) is 5.60. The summed E-state index contributed by atoms with van der Waals surface area (Å²) in [5, 5.41) is 14.4. The fourth-order valence-electron chi connectivity index (χ4n) is 3.96. The van der Waals surface area contributed by atoms with Crippen LogP contribution < -0.4 is 15.0 Å². The average molecular weight is 404 g/mol. The van der Waals surface area contributed by atoms with E-state index in [0.29, 0.717) is 36.9 Å². The molecule has 4 atom stereocenters. The summed E-state index contributed by atoms with van der Waals surface area (Å²) in [7, 11) is 3.98. The first-order valence-corrected chi connectivity index (χ1v) is 10.3. The van der Waals surface area contributed by atoms with Crippen LogP contribution in [0.3, 0.4) is 0 Å². The van der Waals surface area contributed by atoms with Crippen molar-refractivity contribution in [2.24, 2.45) is 5.92 Å². The van der Waals surface area contributed by atoms with Gasteiger partial charge in [0.05, 0.1) is 13.2 Å². The lowest BCUT2D eigenvalue weighted by Crippen LogP contribution is -2.93. The third-order valence-corrected chi connectivity index (χ3v) is 5.60. The molecule has 158 valence electrons. The van der Waals surface area contributed by atoms with Crippen LogP contribution in [-0.2, 0) is 9.47 Å². The Bertz CT molecular complexity index is 811. The zero-order valence-corrected chi connectivity index (χ0v) is 17.6. The Hall–Kier alpha value is -2.23. The molecule has 2 saturated heterocycles. The largest absolute Gasteiger partial charge is 0.423 e. The Morgan fingerprint density at radius 1 is 1.24 bits per heavy atom. The van der Waals surface area contributed by atoms with Crippen molar-refractivity contribution in [1.29, 1.82) is 0 Å². The highest BCUT2D eigenvalue weighted by atomic mass is 16.6. The van der Waals surface area contributed by atoms with Crippen molar-refractivity contribution in [3.8, 4) is 11.8 Å². The summed E-state index contributed by atoms with van der Waals surface area (Å²) < 4.78 is 19.9. The molecule has 4 rings (SSSR count). The van der Waals surface area contributed by atoms with E-state index in [0.717, 1.165) is 12.2 Å². The van der Waals surface area contributed by atoms with Crippen LogP contribution in [0.25, 0.3) is 0 Å². The number of tetrazole rings is 1. The average Bonchev–Trinajstić information content (AvgIpc) is 3.39. The number of quaternary nitrogens is 1. The standard InChI is InChI=1S/C20H30N6O3/c1-13(2)8-9-21-16-11-27-19-17(12-28-18(16)19)26-20(22-23-24-26)29-15-7-5-6-14(10-15)25(3)4/h5-7,10,13,16-19,21H,8-9,11-12H2,1-4H3/p+1/t16-,17-,18+,19+/m0/s1. The van der Waals surface area contributed by atoms with E-state index in [1.54, 1.807) is 4.68 Å². The topological polar surface area (TPSA) is 91.1 Å². The molecule has 2 aliphatic heterocycles. The minimum Gasteiger partial charge on any atom is -0.423 e. The van der Waals surface area contributed by atoms with Crippen LogP contribution in [0, 0.1) is 5.92 Å². The van der Waals surface area contributed by atoms with E-state index < -0.39 is 0 Å².